The van der Waals surface area contributed by atoms with Crippen molar-refractivity contribution in [3.8, 4) is 0 Å². The molecule has 0 spiro atoms. The fraction of sp³-hybridized carbons (Fsp3) is 0.0667. The van der Waals surface area contributed by atoms with Crippen molar-refractivity contribution < 1.29 is 21.6 Å². The van der Waals surface area contributed by atoms with Gasteiger partial charge in [0.05, 0.1) is 10.5 Å². The molecule has 0 radical (unpaired) electrons. The minimum atomic E-state index is -4.38. The summed E-state index contributed by atoms with van der Waals surface area (Å²) in [7, 11) is -3.42. The molecule has 1 aliphatic rings. The Kier molecular flexibility index (Phi) is 3.25. The van der Waals surface area contributed by atoms with E-state index in [1.165, 1.54) is 24.3 Å². The molecule has 0 fully saturated rings. The molecule has 0 saturated heterocycles. The monoisotopic (exact) mass is 325 g/mol. The lowest BCUT2D eigenvalue weighted by Gasteiger charge is -2.10. The van der Waals surface area contributed by atoms with Crippen LogP contribution in [0.15, 0.2) is 52.8 Å². The third-order valence-electron chi connectivity index (χ3n) is 3.25. The van der Waals surface area contributed by atoms with Crippen LogP contribution in [0, 0.1) is 0 Å². The van der Waals surface area contributed by atoms with E-state index in [1.807, 2.05) is 0 Å². The molecule has 1 heterocycles. The lowest BCUT2D eigenvalue weighted by Crippen LogP contribution is -2.04. The molecule has 22 heavy (non-hydrogen) atoms. The lowest BCUT2D eigenvalue weighted by atomic mass is 10.1. The number of hydrogen-bond donors (Lipinski definition) is 1. The van der Waals surface area contributed by atoms with Crippen LogP contribution in [0.1, 0.15) is 11.1 Å². The van der Waals surface area contributed by atoms with Gasteiger partial charge in [-0.1, -0.05) is 6.07 Å². The summed E-state index contributed by atoms with van der Waals surface area (Å²) in [5.41, 5.74) is 0.791. The Bertz CT molecular complexity index is 853. The molecule has 0 unspecified atom stereocenters. The normalized spacial score (nSPS) is 15.6. The zero-order valence-electron chi connectivity index (χ0n) is 11.1. The highest BCUT2D eigenvalue weighted by molar-refractivity contribution is 7.94. The highest BCUT2D eigenvalue weighted by Gasteiger charge is 2.30. The van der Waals surface area contributed by atoms with E-state index in [9.17, 15) is 21.6 Å². The minimum Gasteiger partial charge on any atom is -0.355 e. The molecule has 1 aliphatic heterocycles. The Hall–Kier alpha value is -2.28. The van der Waals surface area contributed by atoms with Gasteiger partial charge in [-0.25, -0.2) is 8.42 Å². The molecule has 3 nitrogen and oxygen atoms in total. The summed E-state index contributed by atoms with van der Waals surface area (Å²) in [4.78, 5) is 0.185. The summed E-state index contributed by atoms with van der Waals surface area (Å²) < 4.78 is 61.0. The van der Waals surface area contributed by atoms with E-state index in [0.29, 0.717) is 16.9 Å². The number of halogens is 3. The van der Waals surface area contributed by atoms with Crippen LogP contribution in [-0.4, -0.2) is 8.42 Å². The number of hydrogen-bond acceptors (Lipinski definition) is 3. The van der Waals surface area contributed by atoms with E-state index in [0.717, 1.165) is 17.5 Å². The molecule has 0 atom stereocenters. The van der Waals surface area contributed by atoms with Gasteiger partial charge >= 0.3 is 6.18 Å². The second-order valence-corrected chi connectivity index (χ2v) is 6.60. The fourth-order valence-electron chi connectivity index (χ4n) is 2.14. The first-order chi connectivity index (χ1) is 10.3. The third kappa shape index (κ3) is 2.71. The van der Waals surface area contributed by atoms with Crippen molar-refractivity contribution in [1.82, 2.24) is 0 Å². The molecule has 1 N–H and O–H groups in total. The van der Waals surface area contributed by atoms with E-state index in [4.69, 9.17) is 0 Å². The Morgan fingerprint density at radius 1 is 0.909 bits per heavy atom. The predicted molar refractivity (Wildman–Crippen MR) is 77.4 cm³/mol. The first kappa shape index (κ1) is 14.6. The third-order valence-corrected chi connectivity index (χ3v) is 4.71. The standard InChI is InChI=1S/C15H10F3NO2S/c16-15(17,18)11-2-5-12(6-3-11)19-13-4-1-10-7-8-22(20,21)14(10)9-13/h1-9,19H. The molecule has 7 heteroatoms. The summed E-state index contributed by atoms with van der Waals surface area (Å²) in [6.07, 6.45) is -2.88. The van der Waals surface area contributed by atoms with Gasteiger partial charge in [-0.15, -0.1) is 0 Å². The van der Waals surface area contributed by atoms with Crippen LogP contribution in [0.4, 0.5) is 24.5 Å². The molecule has 3 rings (SSSR count). The van der Waals surface area contributed by atoms with Gasteiger partial charge in [0.15, 0.2) is 0 Å². The molecule has 114 valence electrons. The Balaban J connectivity index is 1.86. The van der Waals surface area contributed by atoms with Crippen LogP contribution >= 0.6 is 0 Å². The van der Waals surface area contributed by atoms with Crippen LogP contribution < -0.4 is 5.32 Å². The van der Waals surface area contributed by atoms with Crippen molar-refractivity contribution in [3.05, 3.63) is 59.0 Å². The second kappa shape index (κ2) is 4.88. The largest absolute Gasteiger partial charge is 0.416 e. The summed E-state index contributed by atoms with van der Waals surface area (Å²) in [5, 5.41) is 4.02. The van der Waals surface area contributed by atoms with Crippen molar-refractivity contribution in [1.29, 1.82) is 0 Å². The smallest absolute Gasteiger partial charge is 0.355 e. The number of alkyl halides is 3. The van der Waals surface area contributed by atoms with Crippen LogP contribution in [0.3, 0.4) is 0 Å². The maximum atomic E-state index is 12.5. The molecule has 0 aliphatic carbocycles. The Morgan fingerprint density at radius 2 is 1.55 bits per heavy atom. The fourth-order valence-corrected chi connectivity index (χ4v) is 3.37. The zero-order valence-corrected chi connectivity index (χ0v) is 11.9. The average molecular weight is 325 g/mol. The zero-order chi connectivity index (χ0) is 16.0. The Labute approximate surface area is 125 Å². The molecular formula is C15H10F3NO2S. The van der Waals surface area contributed by atoms with Gasteiger partial charge in [-0.05, 0) is 48.0 Å². The number of fused-ring (bicyclic) bond motifs is 1. The van der Waals surface area contributed by atoms with Crippen molar-refractivity contribution in [2.75, 3.05) is 5.32 Å². The highest BCUT2D eigenvalue weighted by atomic mass is 32.2. The van der Waals surface area contributed by atoms with Gasteiger partial charge in [0, 0.05) is 16.8 Å². The van der Waals surface area contributed by atoms with E-state index in [1.54, 1.807) is 12.1 Å². The maximum Gasteiger partial charge on any atom is 0.416 e. The van der Waals surface area contributed by atoms with Crippen molar-refractivity contribution in [2.45, 2.75) is 11.1 Å². The van der Waals surface area contributed by atoms with Gasteiger partial charge < -0.3 is 5.32 Å². The quantitative estimate of drug-likeness (QED) is 0.900. The molecular weight excluding hydrogens is 315 g/mol. The number of rotatable bonds is 2. The van der Waals surface area contributed by atoms with Crippen LogP contribution in [-0.2, 0) is 16.0 Å². The number of benzene rings is 2. The molecule has 0 aromatic heterocycles. The van der Waals surface area contributed by atoms with Crippen LogP contribution in [0.25, 0.3) is 6.08 Å². The molecule has 0 bridgehead atoms. The van der Waals surface area contributed by atoms with Crippen LogP contribution in [0.2, 0.25) is 0 Å². The van der Waals surface area contributed by atoms with Crippen molar-refractivity contribution in [2.24, 2.45) is 0 Å². The number of nitrogens with one attached hydrogen (secondary N) is 1. The minimum absolute atomic E-state index is 0.185. The molecule has 0 saturated carbocycles. The summed E-state index contributed by atoms with van der Waals surface area (Å²) in [6.45, 7) is 0. The average Bonchev–Trinajstić information content (AvgIpc) is 2.74. The molecule has 2 aromatic carbocycles. The first-order valence-electron chi connectivity index (χ1n) is 6.27. The van der Waals surface area contributed by atoms with Crippen LogP contribution in [0.5, 0.6) is 0 Å². The maximum absolute atomic E-state index is 12.5. The second-order valence-electron chi connectivity index (χ2n) is 4.80. The molecule has 2 aromatic rings. The lowest BCUT2D eigenvalue weighted by molar-refractivity contribution is -0.137. The van der Waals surface area contributed by atoms with E-state index < -0.39 is 21.6 Å². The van der Waals surface area contributed by atoms with Gasteiger partial charge in [-0.2, -0.15) is 13.2 Å². The van der Waals surface area contributed by atoms with E-state index >= 15 is 0 Å². The Morgan fingerprint density at radius 3 is 2.18 bits per heavy atom. The number of anilines is 2. The number of sulfone groups is 1. The van der Waals surface area contributed by atoms with Gasteiger partial charge in [0.2, 0.25) is 9.84 Å². The summed E-state index contributed by atoms with van der Waals surface area (Å²) in [6, 6.07) is 9.29. The van der Waals surface area contributed by atoms with E-state index in [2.05, 4.69) is 5.32 Å². The summed E-state index contributed by atoms with van der Waals surface area (Å²) >= 11 is 0. The molecule has 0 amide bonds. The summed E-state index contributed by atoms with van der Waals surface area (Å²) in [5.74, 6) is 0. The van der Waals surface area contributed by atoms with Gasteiger partial charge in [0.1, 0.15) is 0 Å². The topological polar surface area (TPSA) is 46.2 Å². The SMILES string of the molecule is O=S1(=O)C=Cc2ccc(Nc3ccc(C(F)(F)F)cc3)cc21. The highest BCUT2D eigenvalue weighted by Crippen LogP contribution is 2.32. The van der Waals surface area contributed by atoms with Crippen molar-refractivity contribution in [3.63, 3.8) is 0 Å². The van der Waals surface area contributed by atoms with Gasteiger partial charge in [-0.3, -0.25) is 0 Å². The van der Waals surface area contributed by atoms with E-state index in [-0.39, 0.29) is 4.90 Å². The first-order valence-corrected chi connectivity index (χ1v) is 7.82. The predicted octanol–water partition coefficient (Wildman–Crippen LogP) is 4.21. The van der Waals surface area contributed by atoms with Gasteiger partial charge in [0.25, 0.3) is 0 Å². The van der Waals surface area contributed by atoms with Crippen molar-refractivity contribution >= 4 is 27.3 Å².